The van der Waals surface area contributed by atoms with Gasteiger partial charge in [0.05, 0.1) is 0 Å². The van der Waals surface area contributed by atoms with E-state index in [-0.39, 0.29) is 42.9 Å². The van der Waals surface area contributed by atoms with Gasteiger partial charge in [-0.15, -0.1) is 0 Å². The summed E-state index contributed by atoms with van der Waals surface area (Å²) in [5.41, 5.74) is 0. The monoisotopic (exact) mass is 672 g/mol. The van der Waals surface area contributed by atoms with E-state index in [9.17, 15) is 43.5 Å². The highest BCUT2D eigenvalue weighted by molar-refractivity contribution is 5.88. The van der Waals surface area contributed by atoms with Gasteiger partial charge in [0.1, 0.15) is 18.1 Å². The second-order valence-electron chi connectivity index (χ2n) is 11.5. The van der Waals surface area contributed by atoms with E-state index in [4.69, 9.17) is 10.2 Å². The van der Waals surface area contributed by atoms with E-state index >= 15 is 0 Å². The molecule has 9 N–H and O–H groups in total. The van der Waals surface area contributed by atoms with E-state index in [1.54, 1.807) is 0 Å². The summed E-state index contributed by atoms with van der Waals surface area (Å²) in [5, 5.41) is 42.3. The molecule has 17 nitrogen and oxygen atoms in total. The Balaban J connectivity index is 4.16. The second kappa shape index (κ2) is 25.7. The smallest absolute Gasteiger partial charge is 0.326 e. The van der Waals surface area contributed by atoms with Crippen LogP contribution in [0.3, 0.4) is 0 Å². The fourth-order valence-electron chi connectivity index (χ4n) is 4.37. The number of carboxylic acids is 3. The third-order valence-electron chi connectivity index (χ3n) is 7.05. The van der Waals surface area contributed by atoms with Crippen molar-refractivity contribution in [2.45, 2.75) is 115 Å². The number of hydrogen-bond donors (Lipinski definition) is 9. The first-order valence-corrected chi connectivity index (χ1v) is 16.0. The van der Waals surface area contributed by atoms with E-state index < -0.39 is 48.5 Å². The summed E-state index contributed by atoms with van der Waals surface area (Å²) in [6.07, 6.45) is 5.29. The molecular weight excluding hydrogens is 620 g/mol. The molecule has 0 saturated heterocycles. The molecule has 3 atom stereocenters. The number of amides is 6. The van der Waals surface area contributed by atoms with E-state index in [1.807, 2.05) is 13.8 Å². The average molecular weight is 673 g/mol. The van der Waals surface area contributed by atoms with E-state index in [1.165, 1.54) is 0 Å². The summed E-state index contributed by atoms with van der Waals surface area (Å²) in [6.45, 7) is 4.99. The number of rotatable bonds is 28. The van der Waals surface area contributed by atoms with Crippen molar-refractivity contribution in [1.82, 2.24) is 31.9 Å². The molecule has 0 bridgehead atoms. The molecule has 17 heteroatoms. The lowest BCUT2D eigenvalue weighted by Gasteiger charge is -2.21. The summed E-state index contributed by atoms with van der Waals surface area (Å²) < 4.78 is 0. The second-order valence-corrected chi connectivity index (χ2v) is 11.5. The molecule has 0 saturated carbocycles. The number of carbonyl (C=O) groups is 8. The van der Waals surface area contributed by atoms with Crippen LogP contribution in [0.15, 0.2) is 0 Å². The highest BCUT2D eigenvalue weighted by atomic mass is 16.4. The zero-order valence-electron chi connectivity index (χ0n) is 27.3. The number of carbonyl (C=O) groups excluding carboxylic acids is 5. The van der Waals surface area contributed by atoms with Gasteiger partial charge in [-0.1, -0.05) is 26.7 Å². The molecular formula is C30H52N6O11. The molecule has 6 amide bonds. The maximum Gasteiger partial charge on any atom is 0.326 e. The number of urea groups is 1. The predicted molar refractivity (Wildman–Crippen MR) is 169 cm³/mol. The molecule has 268 valence electrons. The van der Waals surface area contributed by atoms with Crippen LogP contribution in [0.2, 0.25) is 0 Å². The maximum absolute atomic E-state index is 12.5. The van der Waals surface area contributed by atoms with Crippen LogP contribution in [0, 0.1) is 5.92 Å². The van der Waals surface area contributed by atoms with Crippen molar-refractivity contribution in [3.63, 3.8) is 0 Å². The first-order valence-electron chi connectivity index (χ1n) is 16.0. The fraction of sp³-hybridized carbons (Fsp3) is 0.733. The van der Waals surface area contributed by atoms with Crippen molar-refractivity contribution in [1.29, 1.82) is 0 Å². The van der Waals surface area contributed by atoms with E-state index in [0.717, 1.165) is 19.3 Å². The van der Waals surface area contributed by atoms with Gasteiger partial charge in [-0.2, -0.15) is 0 Å². The standard InChI is InChI=1S/C30H52N6O11/c1-20(2)26(27(42)33-18-10-9-16-31-19-37)36-24(39)13-6-4-3-5-12-23(38)32-17-8-7-11-21(28(43)44)34-30(47)35-22(29(45)46)14-15-25(40)41/h19-22,26H,3-18H2,1-2H3,(H,31,37)(H,32,38)(H,33,42)(H,36,39)(H,40,41)(H,43,44)(H,45,46)(H2,34,35,47). The van der Waals surface area contributed by atoms with Crippen molar-refractivity contribution < 1.29 is 53.7 Å². The van der Waals surface area contributed by atoms with Gasteiger partial charge in [-0.3, -0.25) is 24.0 Å². The number of nitrogens with one attached hydrogen (secondary N) is 6. The van der Waals surface area contributed by atoms with E-state index in [2.05, 4.69) is 31.9 Å². The van der Waals surface area contributed by atoms with Crippen LogP contribution in [0.4, 0.5) is 4.79 Å². The first-order chi connectivity index (χ1) is 22.3. The molecule has 0 radical (unpaired) electrons. The van der Waals surface area contributed by atoms with Crippen molar-refractivity contribution >= 4 is 48.1 Å². The van der Waals surface area contributed by atoms with Crippen LogP contribution in [-0.4, -0.2) is 101 Å². The molecule has 0 heterocycles. The molecule has 0 spiro atoms. The Morgan fingerprint density at radius 2 is 1.13 bits per heavy atom. The molecule has 47 heavy (non-hydrogen) atoms. The van der Waals surface area contributed by atoms with Gasteiger partial charge in [0.15, 0.2) is 0 Å². The van der Waals surface area contributed by atoms with Crippen molar-refractivity contribution in [2.75, 3.05) is 19.6 Å². The van der Waals surface area contributed by atoms with Crippen LogP contribution >= 0.6 is 0 Å². The van der Waals surface area contributed by atoms with Gasteiger partial charge >= 0.3 is 23.9 Å². The number of unbranched alkanes of at least 4 members (excludes halogenated alkanes) is 5. The van der Waals surface area contributed by atoms with Gasteiger partial charge in [-0.25, -0.2) is 14.4 Å². The van der Waals surface area contributed by atoms with Crippen molar-refractivity contribution in [3.8, 4) is 0 Å². The highest BCUT2D eigenvalue weighted by Crippen LogP contribution is 2.08. The molecule has 0 rings (SSSR count). The molecule has 0 fully saturated rings. The Morgan fingerprint density at radius 3 is 1.68 bits per heavy atom. The molecule has 0 aliphatic rings. The Labute approximate surface area is 274 Å². The molecule has 0 aromatic rings. The van der Waals surface area contributed by atoms with E-state index in [0.29, 0.717) is 64.6 Å². The van der Waals surface area contributed by atoms with Crippen LogP contribution in [0.1, 0.15) is 97.3 Å². The Morgan fingerprint density at radius 1 is 0.596 bits per heavy atom. The molecule has 0 aliphatic heterocycles. The zero-order valence-corrected chi connectivity index (χ0v) is 27.3. The van der Waals surface area contributed by atoms with Crippen LogP contribution in [0.25, 0.3) is 0 Å². The summed E-state index contributed by atoms with van der Waals surface area (Å²) >= 11 is 0. The summed E-state index contributed by atoms with van der Waals surface area (Å²) in [5.74, 6) is -4.72. The first kappa shape index (κ1) is 42.6. The topological polar surface area (TPSA) is 269 Å². The molecule has 0 aromatic carbocycles. The zero-order chi connectivity index (χ0) is 35.6. The summed E-state index contributed by atoms with van der Waals surface area (Å²) in [7, 11) is 0. The number of carboxylic acid groups (broad SMARTS) is 3. The Kier molecular flexibility index (Phi) is 23.3. The lowest BCUT2D eigenvalue weighted by Crippen LogP contribution is -2.51. The van der Waals surface area contributed by atoms with Crippen LogP contribution in [0.5, 0.6) is 0 Å². The Bertz CT molecular complexity index is 1020. The van der Waals surface area contributed by atoms with Crippen LogP contribution in [-0.2, 0) is 33.6 Å². The average Bonchev–Trinajstić information content (AvgIpc) is 2.99. The normalized spacial score (nSPS) is 12.6. The van der Waals surface area contributed by atoms with Crippen LogP contribution < -0.4 is 31.9 Å². The van der Waals surface area contributed by atoms with Gasteiger partial charge in [0, 0.05) is 38.9 Å². The largest absolute Gasteiger partial charge is 0.481 e. The van der Waals surface area contributed by atoms with Gasteiger partial charge < -0.3 is 47.2 Å². The highest BCUT2D eigenvalue weighted by Gasteiger charge is 2.25. The Hall–Kier alpha value is -4.44. The minimum Gasteiger partial charge on any atom is -0.481 e. The molecule has 0 aliphatic carbocycles. The minimum atomic E-state index is -1.49. The quantitative estimate of drug-likeness (QED) is 0.0407. The fourth-order valence-corrected chi connectivity index (χ4v) is 4.37. The third kappa shape index (κ3) is 22.7. The predicted octanol–water partition coefficient (Wildman–Crippen LogP) is 0.467. The maximum atomic E-state index is 12.5. The third-order valence-corrected chi connectivity index (χ3v) is 7.05. The lowest BCUT2D eigenvalue weighted by molar-refractivity contribution is -0.141. The van der Waals surface area contributed by atoms with Crippen molar-refractivity contribution in [3.05, 3.63) is 0 Å². The molecule has 3 unspecified atom stereocenters. The molecule has 0 aromatic heterocycles. The van der Waals surface area contributed by atoms with Gasteiger partial charge in [-0.05, 0) is 57.3 Å². The van der Waals surface area contributed by atoms with Crippen molar-refractivity contribution in [2.24, 2.45) is 5.92 Å². The number of aliphatic carboxylic acids is 3. The lowest BCUT2D eigenvalue weighted by atomic mass is 10.0. The van der Waals surface area contributed by atoms with Gasteiger partial charge in [0.25, 0.3) is 0 Å². The van der Waals surface area contributed by atoms with Gasteiger partial charge in [0.2, 0.25) is 24.1 Å². The SMILES string of the molecule is CC(C)C(NC(=O)CCCCCCC(=O)NCCCCC(NC(=O)NC(CCC(=O)O)C(=O)O)C(=O)O)C(=O)NCCCCNC=O. The summed E-state index contributed by atoms with van der Waals surface area (Å²) in [6, 6.07) is -4.47. The number of hydrogen-bond acceptors (Lipinski definition) is 8. The minimum absolute atomic E-state index is 0.0307. The summed E-state index contributed by atoms with van der Waals surface area (Å²) in [4.78, 5) is 92.6.